The lowest BCUT2D eigenvalue weighted by molar-refractivity contribution is -0.321. The molecule has 0 aliphatic carbocycles. The molecule has 1 saturated heterocycles. The van der Waals surface area contributed by atoms with Gasteiger partial charge in [0.05, 0.1) is 13.7 Å². The van der Waals surface area contributed by atoms with Gasteiger partial charge in [-0.25, -0.2) is 4.79 Å². The zero-order valence-corrected chi connectivity index (χ0v) is 8.41. The quantitative estimate of drug-likeness (QED) is 0.448. The summed E-state index contributed by atoms with van der Waals surface area (Å²) in [6, 6.07) is 0. The molecule has 1 rings (SSSR count). The van der Waals surface area contributed by atoms with Gasteiger partial charge in [0, 0.05) is 7.11 Å². The molecule has 1 heterocycles. The molecule has 15 heavy (non-hydrogen) atoms. The average molecular weight is 222 g/mol. The summed E-state index contributed by atoms with van der Waals surface area (Å²) in [6.07, 6.45) is -4.51. The van der Waals surface area contributed by atoms with Crippen LogP contribution < -0.4 is 0 Å². The molecule has 0 bridgehead atoms. The molecule has 0 aromatic rings. The second kappa shape index (κ2) is 4.42. The van der Waals surface area contributed by atoms with E-state index < -0.39 is 30.1 Å². The number of esters is 1. The second-order valence-corrected chi connectivity index (χ2v) is 3.18. The van der Waals surface area contributed by atoms with Crippen molar-refractivity contribution in [2.45, 2.75) is 24.1 Å². The van der Waals surface area contributed by atoms with Gasteiger partial charge in [0.1, 0.15) is 18.3 Å². The summed E-state index contributed by atoms with van der Waals surface area (Å²) in [4.78, 5) is 11.4. The van der Waals surface area contributed by atoms with Gasteiger partial charge in [-0.05, 0) is 0 Å². The molecule has 0 aromatic carbocycles. The molecule has 0 radical (unpaired) electrons. The Morgan fingerprint density at radius 1 is 1.40 bits per heavy atom. The maximum absolute atomic E-state index is 11.4. The van der Waals surface area contributed by atoms with Crippen molar-refractivity contribution in [1.82, 2.24) is 0 Å². The third-order valence-electron chi connectivity index (χ3n) is 2.35. The third kappa shape index (κ3) is 1.84. The van der Waals surface area contributed by atoms with E-state index in [-0.39, 0.29) is 6.61 Å². The predicted molar refractivity (Wildman–Crippen MR) is 45.7 cm³/mol. The Morgan fingerprint density at radius 3 is 2.47 bits per heavy atom. The maximum atomic E-state index is 11.4. The maximum Gasteiger partial charge on any atom is 0.369 e. The first kappa shape index (κ1) is 12.3. The second-order valence-electron chi connectivity index (χ2n) is 3.18. The van der Waals surface area contributed by atoms with Gasteiger partial charge in [-0.1, -0.05) is 0 Å². The number of hydrogen-bond donors (Lipinski definition) is 3. The van der Waals surface area contributed by atoms with Crippen LogP contribution in [0.4, 0.5) is 0 Å². The zero-order chi connectivity index (χ0) is 11.6. The lowest BCUT2D eigenvalue weighted by Crippen LogP contribution is -2.65. The number of ether oxygens (including phenoxy) is 3. The van der Waals surface area contributed by atoms with Crippen molar-refractivity contribution >= 4 is 5.97 Å². The Balaban J connectivity index is 2.95. The summed E-state index contributed by atoms with van der Waals surface area (Å²) in [6.45, 7) is -0.332. The standard InChI is InChI=1S/C8H14O7/c1-13-7(12)8(14-2)6(11)5(10)4(9)3-15-8/h4-6,9-11H,3H2,1-2H3/t4-,5-,6+,8+/m1/s1. The molecule has 7 heteroatoms. The van der Waals surface area contributed by atoms with Crippen molar-refractivity contribution < 1.29 is 34.3 Å². The number of hydrogen-bond acceptors (Lipinski definition) is 7. The van der Waals surface area contributed by atoms with Crippen LogP contribution in [0.25, 0.3) is 0 Å². The Bertz CT molecular complexity index is 243. The summed E-state index contributed by atoms with van der Waals surface area (Å²) in [5.41, 5.74) is 0. The van der Waals surface area contributed by atoms with Crippen LogP contribution in [0, 0.1) is 0 Å². The Morgan fingerprint density at radius 2 is 2.00 bits per heavy atom. The highest BCUT2D eigenvalue weighted by Gasteiger charge is 2.56. The molecule has 0 unspecified atom stereocenters. The topological polar surface area (TPSA) is 105 Å². The third-order valence-corrected chi connectivity index (χ3v) is 2.35. The van der Waals surface area contributed by atoms with Crippen LogP contribution in [0.1, 0.15) is 0 Å². The molecule has 1 fully saturated rings. The van der Waals surface area contributed by atoms with Gasteiger partial charge in [-0.2, -0.15) is 0 Å². The smallest absolute Gasteiger partial charge is 0.369 e. The van der Waals surface area contributed by atoms with E-state index in [2.05, 4.69) is 4.74 Å². The minimum Gasteiger partial charge on any atom is -0.465 e. The fraction of sp³-hybridized carbons (Fsp3) is 0.875. The van der Waals surface area contributed by atoms with Gasteiger partial charge in [0.25, 0.3) is 5.79 Å². The monoisotopic (exact) mass is 222 g/mol. The SMILES string of the molecule is COC(=O)[C@@]1(OC)OC[C@@H](O)[C@@H](O)[C@@H]1O. The molecule has 0 amide bonds. The minimum absolute atomic E-state index is 0.332. The van der Waals surface area contributed by atoms with Crippen LogP contribution in [-0.2, 0) is 19.0 Å². The number of aliphatic hydroxyl groups excluding tert-OH is 3. The summed E-state index contributed by atoms with van der Waals surface area (Å²) in [7, 11) is 2.22. The van der Waals surface area contributed by atoms with E-state index in [0.717, 1.165) is 14.2 Å². The molecular weight excluding hydrogens is 208 g/mol. The molecule has 4 atom stereocenters. The van der Waals surface area contributed by atoms with Crippen LogP contribution in [0.2, 0.25) is 0 Å². The van der Waals surface area contributed by atoms with E-state index in [1.165, 1.54) is 0 Å². The first-order valence-electron chi connectivity index (χ1n) is 4.31. The van der Waals surface area contributed by atoms with Crippen LogP contribution >= 0.6 is 0 Å². The lowest BCUT2D eigenvalue weighted by Gasteiger charge is -2.41. The van der Waals surface area contributed by atoms with Crippen molar-refractivity contribution in [3.8, 4) is 0 Å². The van der Waals surface area contributed by atoms with E-state index in [0.29, 0.717) is 0 Å². The van der Waals surface area contributed by atoms with Crippen LogP contribution in [0.15, 0.2) is 0 Å². The average Bonchev–Trinajstić information content (AvgIpc) is 2.26. The van der Waals surface area contributed by atoms with Crippen molar-refractivity contribution in [3.05, 3.63) is 0 Å². The van der Waals surface area contributed by atoms with Crippen molar-refractivity contribution in [1.29, 1.82) is 0 Å². The first-order chi connectivity index (χ1) is 6.99. The van der Waals surface area contributed by atoms with Crippen LogP contribution in [0.3, 0.4) is 0 Å². The number of rotatable bonds is 2. The minimum atomic E-state index is -2.08. The van der Waals surface area contributed by atoms with E-state index in [1.807, 2.05) is 0 Å². The number of methoxy groups -OCH3 is 2. The molecule has 88 valence electrons. The fourth-order valence-electron chi connectivity index (χ4n) is 1.41. The summed E-state index contributed by atoms with van der Waals surface area (Å²) in [5.74, 6) is -3.05. The van der Waals surface area contributed by atoms with Gasteiger partial charge in [0.15, 0.2) is 0 Å². The summed E-state index contributed by atoms with van der Waals surface area (Å²) < 4.78 is 14.0. The zero-order valence-electron chi connectivity index (χ0n) is 8.41. The molecule has 3 N–H and O–H groups in total. The Labute approximate surface area is 86.2 Å². The van der Waals surface area contributed by atoms with Gasteiger partial charge >= 0.3 is 5.97 Å². The van der Waals surface area contributed by atoms with Gasteiger partial charge in [-0.3, -0.25) is 0 Å². The molecule has 1 aliphatic rings. The van der Waals surface area contributed by atoms with Crippen molar-refractivity contribution in [3.63, 3.8) is 0 Å². The van der Waals surface area contributed by atoms with Crippen molar-refractivity contribution in [2.75, 3.05) is 20.8 Å². The molecule has 7 nitrogen and oxygen atoms in total. The van der Waals surface area contributed by atoms with E-state index >= 15 is 0 Å². The lowest BCUT2D eigenvalue weighted by atomic mass is 9.97. The number of carbonyl (C=O) groups is 1. The van der Waals surface area contributed by atoms with Gasteiger partial charge in [0.2, 0.25) is 0 Å². The first-order valence-corrected chi connectivity index (χ1v) is 4.31. The fourth-order valence-corrected chi connectivity index (χ4v) is 1.41. The normalized spacial score (nSPS) is 41.3. The predicted octanol–water partition coefficient (Wildman–Crippen LogP) is -2.38. The number of aliphatic hydroxyl groups is 3. The van der Waals surface area contributed by atoms with Gasteiger partial charge < -0.3 is 29.5 Å². The molecule has 1 aliphatic heterocycles. The highest BCUT2D eigenvalue weighted by Crippen LogP contribution is 2.28. The molecular formula is C8H14O7. The molecule has 0 saturated carbocycles. The highest BCUT2D eigenvalue weighted by molar-refractivity contribution is 5.79. The number of carbonyl (C=O) groups excluding carboxylic acids is 1. The summed E-state index contributed by atoms with van der Waals surface area (Å²) >= 11 is 0. The largest absolute Gasteiger partial charge is 0.465 e. The Hall–Kier alpha value is -0.730. The van der Waals surface area contributed by atoms with E-state index in [4.69, 9.17) is 9.47 Å². The molecule has 0 spiro atoms. The van der Waals surface area contributed by atoms with Crippen LogP contribution in [0.5, 0.6) is 0 Å². The van der Waals surface area contributed by atoms with Crippen LogP contribution in [-0.4, -0.2) is 66.2 Å². The van der Waals surface area contributed by atoms with E-state index in [1.54, 1.807) is 0 Å². The van der Waals surface area contributed by atoms with Gasteiger partial charge in [-0.15, -0.1) is 0 Å². The van der Waals surface area contributed by atoms with E-state index in [9.17, 15) is 20.1 Å². The highest BCUT2D eigenvalue weighted by atomic mass is 16.7. The Kier molecular flexibility index (Phi) is 3.63. The van der Waals surface area contributed by atoms with Crippen molar-refractivity contribution in [2.24, 2.45) is 0 Å². The summed E-state index contributed by atoms with van der Waals surface area (Å²) in [5, 5.41) is 28.2. The molecule has 0 aromatic heterocycles.